The fourth-order valence-electron chi connectivity index (χ4n) is 1.60. The molecule has 0 aliphatic rings. The number of aromatic carboxylic acids is 1. The summed E-state index contributed by atoms with van der Waals surface area (Å²) < 4.78 is 5.48. The van der Waals surface area contributed by atoms with Crippen molar-refractivity contribution in [3.05, 3.63) is 29.3 Å². The molecule has 4 heteroatoms. The first-order chi connectivity index (χ1) is 8.47. The van der Waals surface area contributed by atoms with E-state index in [1.807, 2.05) is 13.0 Å². The van der Waals surface area contributed by atoms with Crippen LogP contribution in [0, 0.1) is 0 Å². The van der Waals surface area contributed by atoms with E-state index in [9.17, 15) is 4.79 Å². The molecule has 0 aromatic heterocycles. The number of ether oxygens (including phenoxy) is 1. The molecule has 0 saturated heterocycles. The van der Waals surface area contributed by atoms with E-state index in [1.54, 1.807) is 13.0 Å². The summed E-state index contributed by atoms with van der Waals surface area (Å²) in [6, 6.07) is 5.00. The Balaban J connectivity index is 3.09. The normalized spacial score (nSPS) is 14.0. The van der Waals surface area contributed by atoms with Crippen LogP contribution < -0.4 is 4.74 Å². The fraction of sp³-hybridized carbons (Fsp3) is 0.500. The molecular formula is C14H20O4. The van der Waals surface area contributed by atoms with Gasteiger partial charge in [-0.15, -0.1) is 0 Å². The number of hydrogen-bond acceptors (Lipinski definition) is 3. The summed E-state index contributed by atoms with van der Waals surface area (Å²) in [5, 5.41) is 18.0. The molecule has 0 fully saturated rings. The summed E-state index contributed by atoms with van der Waals surface area (Å²) in [6.07, 6.45) is 0.580. The van der Waals surface area contributed by atoms with Crippen LogP contribution >= 0.6 is 0 Å². The topological polar surface area (TPSA) is 66.8 Å². The molecule has 0 aliphatic carbocycles. The number of rotatable bonds is 6. The first-order valence-corrected chi connectivity index (χ1v) is 6.13. The van der Waals surface area contributed by atoms with Crippen LogP contribution in [-0.4, -0.2) is 28.9 Å². The summed E-state index contributed by atoms with van der Waals surface area (Å²) >= 11 is 0. The number of carboxylic acid groups (broad SMARTS) is 1. The molecule has 0 aliphatic heterocycles. The second-order valence-corrected chi connectivity index (χ2v) is 4.52. The highest BCUT2D eigenvalue weighted by molar-refractivity contribution is 5.88. The van der Waals surface area contributed by atoms with Crippen LogP contribution in [0.2, 0.25) is 0 Å². The monoisotopic (exact) mass is 252 g/mol. The van der Waals surface area contributed by atoms with Gasteiger partial charge in [0.1, 0.15) is 11.9 Å². The molecule has 100 valence electrons. The van der Waals surface area contributed by atoms with Gasteiger partial charge in [0, 0.05) is 0 Å². The molecule has 4 nitrogen and oxygen atoms in total. The minimum absolute atomic E-state index is 0.101. The molecule has 18 heavy (non-hydrogen) atoms. The number of hydrogen-bond donors (Lipinski definition) is 2. The Labute approximate surface area is 107 Å². The van der Waals surface area contributed by atoms with Crippen LogP contribution in [0.4, 0.5) is 0 Å². The zero-order chi connectivity index (χ0) is 13.7. The van der Waals surface area contributed by atoms with Gasteiger partial charge in [-0.2, -0.15) is 0 Å². The van der Waals surface area contributed by atoms with Crippen LogP contribution in [0.3, 0.4) is 0 Å². The van der Waals surface area contributed by atoms with Gasteiger partial charge < -0.3 is 14.9 Å². The number of aliphatic hydroxyl groups is 1. The van der Waals surface area contributed by atoms with Gasteiger partial charge in [0.05, 0.1) is 12.2 Å². The quantitative estimate of drug-likeness (QED) is 0.816. The van der Waals surface area contributed by atoms with E-state index in [2.05, 4.69) is 6.92 Å². The van der Waals surface area contributed by atoms with Gasteiger partial charge in [-0.05, 0) is 43.0 Å². The summed E-state index contributed by atoms with van der Waals surface area (Å²) in [5.41, 5.74) is 1.16. The third-order valence-corrected chi connectivity index (χ3v) is 2.95. The summed E-state index contributed by atoms with van der Waals surface area (Å²) in [7, 11) is 0. The van der Waals surface area contributed by atoms with E-state index in [0.717, 1.165) is 12.0 Å². The van der Waals surface area contributed by atoms with E-state index < -0.39 is 5.97 Å². The number of carbonyl (C=O) groups is 1. The Morgan fingerprint density at radius 1 is 1.33 bits per heavy atom. The maximum absolute atomic E-state index is 11.1. The van der Waals surface area contributed by atoms with Crippen LogP contribution in [0.5, 0.6) is 5.75 Å². The van der Waals surface area contributed by atoms with Gasteiger partial charge in [-0.25, -0.2) is 4.79 Å². The fourth-order valence-corrected chi connectivity index (χ4v) is 1.60. The Hall–Kier alpha value is -1.55. The van der Waals surface area contributed by atoms with Crippen molar-refractivity contribution in [3.63, 3.8) is 0 Å². The van der Waals surface area contributed by atoms with Crippen molar-refractivity contribution in [2.24, 2.45) is 0 Å². The Morgan fingerprint density at radius 3 is 2.50 bits per heavy atom. The van der Waals surface area contributed by atoms with Crippen molar-refractivity contribution < 1.29 is 19.7 Å². The van der Waals surface area contributed by atoms with Crippen LogP contribution in [-0.2, 0) is 0 Å². The number of carboxylic acids is 1. The summed E-state index contributed by atoms with van der Waals surface area (Å²) in [4.78, 5) is 11.1. The van der Waals surface area contributed by atoms with E-state index in [-0.39, 0.29) is 24.2 Å². The maximum Gasteiger partial charge on any atom is 0.335 e. The van der Waals surface area contributed by atoms with Crippen molar-refractivity contribution in [2.45, 2.75) is 39.2 Å². The number of benzene rings is 1. The lowest BCUT2D eigenvalue weighted by Gasteiger charge is -2.16. The highest BCUT2D eigenvalue weighted by Crippen LogP contribution is 2.26. The molecule has 1 rings (SSSR count). The highest BCUT2D eigenvalue weighted by Gasteiger charge is 2.12. The Bertz CT molecular complexity index is 414. The van der Waals surface area contributed by atoms with Gasteiger partial charge in [-0.1, -0.05) is 13.8 Å². The zero-order valence-corrected chi connectivity index (χ0v) is 11.0. The molecular weight excluding hydrogens is 232 g/mol. The van der Waals surface area contributed by atoms with Crippen molar-refractivity contribution in [1.82, 2.24) is 0 Å². The molecule has 1 unspecified atom stereocenters. The molecule has 0 spiro atoms. The van der Waals surface area contributed by atoms with E-state index in [4.69, 9.17) is 14.9 Å². The standard InChI is InChI=1S/C14H20O4/c1-4-9(2)11-5-12(14(16)17)7-13(6-11)18-10(3)8-15/h5-7,9-10,15H,4,8H2,1-3H3,(H,16,17)/t9?,10-/m0/s1. The minimum Gasteiger partial charge on any atom is -0.488 e. The lowest BCUT2D eigenvalue weighted by atomic mass is 9.96. The predicted octanol–water partition coefficient (Wildman–Crippen LogP) is 2.66. The Morgan fingerprint density at radius 2 is 2.00 bits per heavy atom. The van der Waals surface area contributed by atoms with E-state index in [0.29, 0.717) is 5.75 Å². The average molecular weight is 252 g/mol. The smallest absolute Gasteiger partial charge is 0.335 e. The summed E-state index contributed by atoms with van der Waals surface area (Å²) in [6.45, 7) is 5.72. The second-order valence-electron chi connectivity index (χ2n) is 4.52. The van der Waals surface area contributed by atoms with E-state index in [1.165, 1.54) is 6.07 Å². The molecule has 2 atom stereocenters. The number of aliphatic hydroxyl groups excluding tert-OH is 1. The highest BCUT2D eigenvalue weighted by atomic mass is 16.5. The lowest BCUT2D eigenvalue weighted by molar-refractivity contribution is 0.0695. The van der Waals surface area contributed by atoms with Gasteiger partial charge >= 0.3 is 5.97 Å². The third kappa shape index (κ3) is 3.74. The van der Waals surface area contributed by atoms with Crippen molar-refractivity contribution in [3.8, 4) is 5.75 Å². The zero-order valence-electron chi connectivity index (χ0n) is 11.0. The van der Waals surface area contributed by atoms with Gasteiger partial charge in [0.15, 0.2) is 0 Å². The first-order valence-electron chi connectivity index (χ1n) is 6.13. The molecule has 0 heterocycles. The van der Waals surface area contributed by atoms with Crippen molar-refractivity contribution >= 4 is 5.97 Å². The predicted molar refractivity (Wildman–Crippen MR) is 69.3 cm³/mol. The molecule has 1 aromatic rings. The lowest BCUT2D eigenvalue weighted by Crippen LogP contribution is -2.16. The molecule has 0 bridgehead atoms. The SMILES string of the molecule is CCC(C)c1cc(O[C@@H](C)CO)cc(C(=O)O)c1. The molecule has 1 aromatic carbocycles. The third-order valence-electron chi connectivity index (χ3n) is 2.95. The average Bonchev–Trinajstić information content (AvgIpc) is 2.37. The molecule has 0 radical (unpaired) electrons. The van der Waals surface area contributed by atoms with Gasteiger partial charge in [0.25, 0.3) is 0 Å². The molecule has 0 saturated carbocycles. The van der Waals surface area contributed by atoms with E-state index >= 15 is 0 Å². The van der Waals surface area contributed by atoms with Gasteiger partial charge in [-0.3, -0.25) is 0 Å². The largest absolute Gasteiger partial charge is 0.488 e. The van der Waals surface area contributed by atoms with Crippen molar-refractivity contribution in [2.75, 3.05) is 6.61 Å². The summed E-state index contributed by atoms with van der Waals surface area (Å²) in [5.74, 6) is -0.204. The van der Waals surface area contributed by atoms with Gasteiger partial charge in [0.2, 0.25) is 0 Å². The van der Waals surface area contributed by atoms with Crippen LogP contribution in [0.15, 0.2) is 18.2 Å². The maximum atomic E-state index is 11.1. The second kappa shape index (κ2) is 6.40. The molecule has 2 N–H and O–H groups in total. The minimum atomic E-state index is -0.971. The van der Waals surface area contributed by atoms with Crippen LogP contribution in [0.25, 0.3) is 0 Å². The van der Waals surface area contributed by atoms with Crippen molar-refractivity contribution in [1.29, 1.82) is 0 Å². The molecule has 0 amide bonds. The first kappa shape index (κ1) is 14.5. The Kier molecular flexibility index (Phi) is 5.16. The van der Waals surface area contributed by atoms with Crippen LogP contribution in [0.1, 0.15) is 49.0 Å².